The van der Waals surface area contributed by atoms with Crippen LogP contribution in [0.5, 0.6) is 23.0 Å². The number of benzene rings is 2. The lowest BCUT2D eigenvalue weighted by Gasteiger charge is -2.26. The van der Waals surface area contributed by atoms with Crippen molar-refractivity contribution in [3.8, 4) is 23.0 Å². The Bertz CT molecular complexity index is 1140. The van der Waals surface area contributed by atoms with Gasteiger partial charge in [0, 0.05) is 23.7 Å². The van der Waals surface area contributed by atoms with Gasteiger partial charge in [-0.05, 0) is 31.5 Å². The van der Waals surface area contributed by atoms with E-state index in [0.717, 1.165) is 36.4 Å². The smallest absolute Gasteiger partial charge is 0.258 e. The Morgan fingerprint density at radius 1 is 1.00 bits per heavy atom. The third-order valence-electron chi connectivity index (χ3n) is 5.78. The molecular weight excluding hydrogens is 398 g/mol. The molecule has 4 rings (SSSR count). The molecule has 0 saturated carbocycles. The molecule has 1 unspecified atom stereocenters. The molecule has 8 heteroatoms. The van der Waals surface area contributed by atoms with E-state index in [4.69, 9.17) is 23.9 Å². The van der Waals surface area contributed by atoms with E-state index in [9.17, 15) is 4.79 Å². The van der Waals surface area contributed by atoms with E-state index >= 15 is 0 Å². The average molecular weight is 425 g/mol. The molecule has 0 radical (unpaired) electrons. The molecule has 1 aliphatic rings. The molecule has 3 aromatic rings. The van der Waals surface area contributed by atoms with Crippen molar-refractivity contribution in [2.24, 2.45) is 0 Å². The molecular formula is C23H27N3O5. The van der Waals surface area contributed by atoms with Crippen molar-refractivity contribution < 1.29 is 18.9 Å². The first kappa shape index (κ1) is 21.0. The maximum Gasteiger partial charge on any atom is 0.258 e. The standard InChI is InChI=1S/C23H27N3O5/c1-28-14-7-8-15(19(10-14)29-2)18-6-5-9-26(18)13-22-24-17-12-21(31-4)20(30-3)11-16(17)23(27)25-22/h7-8,10-12,18H,5-6,9,13H2,1-4H3,(H,24,25,27). The van der Waals surface area contributed by atoms with Crippen LogP contribution in [0.15, 0.2) is 35.1 Å². The lowest BCUT2D eigenvalue weighted by molar-refractivity contribution is 0.237. The van der Waals surface area contributed by atoms with Crippen LogP contribution in [0.25, 0.3) is 10.9 Å². The van der Waals surface area contributed by atoms with Crippen LogP contribution in [0.1, 0.15) is 30.3 Å². The first-order chi connectivity index (χ1) is 15.1. The van der Waals surface area contributed by atoms with Crippen LogP contribution >= 0.6 is 0 Å². The Morgan fingerprint density at radius 2 is 1.74 bits per heavy atom. The van der Waals surface area contributed by atoms with E-state index in [-0.39, 0.29) is 11.6 Å². The minimum atomic E-state index is -0.196. The van der Waals surface area contributed by atoms with Crippen molar-refractivity contribution in [3.63, 3.8) is 0 Å². The highest BCUT2D eigenvalue weighted by atomic mass is 16.5. The molecule has 164 valence electrons. The van der Waals surface area contributed by atoms with Crippen LogP contribution < -0.4 is 24.5 Å². The number of likely N-dealkylation sites (tertiary alicyclic amines) is 1. The van der Waals surface area contributed by atoms with Gasteiger partial charge in [0.05, 0.1) is 45.9 Å². The van der Waals surface area contributed by atoms with Crippen molar-refractivity contribution in [3.05, 3.63) is 52.1 Å². The summed E-state index contributed by atoms with van der Waals surface area (Å²) >= 11 is 0. The molecule has 31 heavy (non-hydrogen) atoms. The molecule has 1 N–H and O–H groups in total. The van der Waals surface area contributed by atoms with Gasteiger partial charge in [-0.25, -0.2) is 4.98 Å². The van der Waals surface area contributed by atoms with E-state index in [1.54, 1.807) is 40.6 Å². The molecule has 0 bridgehead atoms. The second-order valence-electron chi connectivity index (χ2n) is 7.47. The quantitative estimate of drug-likeness (QED) is 0.622. The number of aromatic amines is 1. The zero-order valence-corrected chi connectivity index (χ0v) is 18.2. The molecule has 1 aromatic heterocycles. The number of fused-ring (bicyclic) bond motifs is 1. The minimum Gasteiger partial charge on any atom is -0.497 e. The lowest BCUT2D eigenvalue weighted by atomic mass is 10.0. The fourth-order valence-corrected chi connectivity index (χ4v) is 4.24. The number of ether oxygens (including phenoxy) is 4. The molecule has 0 amide bonds. The summed E-state index contributed by atoms with van der Waals surface area (Å²) in [5, 5.41) is 0.469. The lowest BCUT2D eigenvalue weighted by Crippen LogP contribution is -2.26. The molecule has 0 aliphatic carbocycles. The van der Waals surface area contributed by atoms with E-state index in [1.165, 1.54) is 0 Å². The number of hydrogen-bond donors (Lipinski definition) is 1. The number of nitrogens with one attached hydrogen (secondary N) is 1. The van der Waals surface area contributed by atoms with Gasteiger partial charge in [0.15, 0.2) is 11.5 Å². The molecule has 1 aliphatic heterocycles. The molecule has 1 saturated heterocycles. The van der Waals surface area contributed by atoms with Gasteiger partial charge in [-0.1, -0.05) is 6.07 Å². The average Bonchev–Trinajstić information content (AvgIpc) is 3.25. The van der Waals surface area contributed by atoms with E-state index < -0.39 is 0 Å². The third kappa shape index (κ3) is 4.03. The summed E-state index contributed by atoms with van der Waals surface area (Å²) in [5.41, 5.74) is 1.49. The molecule has 2 aromatic carbocycles. The molecule has 1 atom stereocenters. The summed E-state index contributed by atoms with van der Waals surface area (Å²) in [4.78, 5) is 22.7. The molecule has 0 spiro atoms. The van der Waals surface area contributed by atoms with Gasteiger partial charge in [-0.3, -0.25) is 9.69 Å². The maximum absolute atomic E-state index is 12.7. The van der Waals surface area contributed by atoms with E-state index in [2.05, 4.69) is 9.88 Å². The van der Waals surface area contributed by atoms with Crippen LogP contribution in [0, 0.1) is 0 Å². The van der Waals surface area contributed by atoms with Gasteiger partial charge in [-0.2, -0.15) is 0 Å². The minimum absolute atomic E-state index is 0.173. The first-order valence-electron chi connectivity index (χ1n) is 10.2. The monoisotopic (exact) mass is 425 g/mol. The Hall–Kier alpha value is -3.26. The third-order valence-corrected chi connectivity index (χ3v) is 5.78. The van der Waals surface area contributed by atoms with Crippen LogP contribution in [0.4, 0.5) is 0 Å². The van der Waals surface area contributed by atoms with Crippen LogP contribution in [0.3, 0.4) is 0 Å². The summed E-state index contributed by atoms with van der Waals surface area (Å²) in [6, 6.07) is 9.47. The fraction of sp³-hybridized carbons (Fsp3) is 0.391. The Balaban J connectivity index is 1.66. The van der Waals surface area contributed by atoms with Crippen molar-refractivity contribution in [2.45, 2.75) is 25.4 Å². The summed E-state index contributed by atoms with van der Waals surface area (Å²) in [5.74, 6) is 3.22. The summed E-state index contributed by atoms with van der Waals surface area (Å²) in [7, 11) is 6.42. The predicted octanol–water partition coefficient (Wildman–Crippen LogP) is 3.29. The molecule has 1 fully saturated rings. The van der Waals surface area contributed by atoms with Gasteiger partial charge >= 0.3 is 0 Å². The normalized spacial score (nSPS) is 16.5. The Kier molecular flexibility index (Phi) is 5.99. The highest BCUT2D eigenvalue weighted by Gasteiger charge is 2.29. The number of rotatable bonds is 7. The van der Waals surface area contributed by atoms with E-state index in [1.807, 2.05) is 18.2 Å². The van der Waals surface area contributed by atoms with Crippen molar-refractivity contribution >= 4 is 10.9 Å². The largest absolute Gasteiger partial charge is 0.497 e. The topological polar surface area (TPSA) is 85.9 Å². The molecule has 2 heterocycles. The van der Waals surface area contributed by atoms with Gasteiger partial charge in [0.2, 0.25) is 0 Å². The van der Waals surface area contributed by atoms with Gasteiger partial charge < -0.3 is 23.9 Å². The van der Waals surface area contributed by atoms with Crippen LogP contribution in [-0.4, -0.2) is 49.9 Å². The number of H-pyrrole nitrogens is 1. The second kappa shape index (κ2) is 8.85. The van der Waals surface area contributed by atoms with Gasteiger partial charge in [-0.15, -0.1) is 0 Å². The summed E-state index contributed by atoms with van der Waals surface area (Å²) < 4.78 is 21.6. The highest BCUT2D eigenvalue weighted by Crippen LogP contribution is 2.39. The van der Waals surface area contributed by atoms with Crippen molar-refractivity contribution in [1.82, 2.24) is 14.9 Å². The zero-order valence-electron chi connectivity index (χ0n) is 18.2. The number of hydrogen-bond acceptors (Lipinski definition) is 7. The summed E-state index contributed by atoms with van der Waals surface area (Å²) in [6.45, 7) is 1.44. The number of methoxy groups -OCH3 is 4. The fourth-order valence-electron chi connectivity index (χ4n) is 4.24. The predicted molar refractivity (Wildman–Crippen MR) is 117 cm³/mol. The van der Waals surface area contributed by atoms with Crippen LogP contribution in [-0.2, 0) is 6.54 Å². The van der Waals surface area contributed by atoms with Gasteiger partial charge in [0.1, 0.15) is 17.3 Å². The zero-order chi connectivity index (χ0) is 22.0. The van der Waals surface area contributed by atoms with Crippen molar-refractivity contribution in [1.29, 1.82) is 0 Å². The Morgan fingerprint density at radius 3 is 2.45 bits per heavy atom. The molecule has 8 nitrogen and oxygen atoms in total. The highest BCUT2D eigenvalue weighted by molar-refractivity contribution is 5.81. The number of aromatic nitrogens is 2. The van der Waals surface area contributed by atoms with Gasteiger partial charge in [0.25, 0.3) is 5.56 Å². The first-order valence-corrected chi connectivity index (χ1v) is 10.2. The summed E-state index contributed by atoms with van der Waals surface area (Å²) in [6.07, 6.45) is 2.06. The van der Waals surface area contributed by atoms with Crippen LogP contribution in [0.2, 0.25) is 0 Å². The van der Waals surface area contributed by atoms with Crippen molar-refractivity contribution in [2.75, 3.05) is 35.0 Å². The Labute approximate surface area is 180 Å². The number of nitrogens with zero attached hydrogens (tertiary/aromatic N) is 2. The second-order valence-corrected chi connectivity index (χ2v) is 7.47. The SMILES string of the molecule is COc1ccc(C2CCCN2Cc2nc3cc(OC)c(OC)cc3c(=O)[nH]2)c(OC)c1. The maximum atomic E-state index is 12.7. The van der Waals surface area contributed by atoms with E-state index in [0.29, 0.717) is 34.8 Å².